The Labute approximate surface area is 142 Å². The molecule has 0 aliphatic carbocycles. The van der Waals surface area contributed by atoms with Crippen LogP contribution in [-0.2, 0) is 47.9 Å². The normalized spacial score (nSPS) is 0. The van der Waals surface area contributed by atoms with Crippen molar-refractivity contribution in [2.75, 3.05) is 0 Å². The van der Waals surface area contributed by atoms with E-state index in [1.165, 1.54) is 0 Å². The average molecular weight is 244 g/mol. The average Bonchev–Trinajstić information content (AvgIpc) is 0. The Morgan fingerprint density at radius 3 is 0.800 bits per heavy atom. The monoisotopic (exact) mass is 242 g/mol. The van der Waals surface area contributed by atoms with Crippen LogP contribution in [0.3, 0.4) is 0 Å². The SMILES string of the molecule is [Ca].[Ca].[Mg].[Ti].[Zr]. The van der Waals surface area contributed by atoms with E-state index in [2.05, 4.69) is 0 Å². The summed E-state index contributed by atoms with van der Waals surface area (Å²) in [5, 5.41) is 0. The third kappa shape index (κ3) is 17.6. The predicted molar refractivity (Wildman–Crippen MR) is 17.3 cm³/mol. The fourth-order valence-electron chi connectivity index (χ4n) is 0. The molecule has 5 heteroatoms. The van der Waals surface area contributed by atoms with Gasteiger partial charge in [0.15, 0.2) is 0 Å². The summed E-state index contributed by atoms with van der Waals surface area (Å²) in [6.07, 6.45) is 0. The van der Waals surface area contributed by atoms with Crippen LogP contribution in [0.5, 0.6) is 0 Å². The van der Waals surface area contributed by atoms with Crippen molar-refractivity contribution in [2.24, 2.45) is 0 Å². The molecule has 0 unspecified atom stereocenters. The Morgan fingerprint density at radius 2 is 0.800 bits per heavy atom. The fourth-order valence-corrected chi connectivity index (χ4v) is 0. The van der Waals surface area contributed by atoms with Crippen molar-refractivity contribution < 1.29 is 47.9 Å². The van der Waals surface area contributed by atoms with E-state index < -0.39 is 0 Å². The van der Waals surface area contributed by atoms with Gasteiger partial charge >= 0.3 is 0 Å². The molecule has 0 amide bonds. The molecule has 5 heavy (non-hydrogen) atoms. The van der Waals surface area contributed by atoms with E-state index in [1.54, 1.807) is 0 Å². The van der Waals surface area contributed by atoms with Gasteiger partial charge in [0.25, 0.3) is 0 Å². The van der Waals surface area contributed by atoms with Crippen molar-refractivity contribution in [3.8, 4) is 0 Å². The van der Waals surface area contributed by atoms with Gasteiger partial charge in [0.2, 0.25) is 0 Å². The zero-order valence-electron chi connectivity index (χ0n) is 3.12. The van der Waals surface area contributed by atoms with Crippen LogP contribution >= 0.6 is 0 Å². The third-order valence-electron chi connectivity index (χ3n) is 0. The molecule has 14 valence electrons. The molecule has 0 saturated carbocycles. The van der Waals surface area contributed by atoms with E-state index in [0.29, 0.717) is 0 Å². The maximum atomic E-state index is 0. The van der Waals surface area contributed by atoms with Gasteiger partial charge in [0.05, 0.1) is 0 Å². The van der Waals surface area contributed by atoms with Crippen LogP contribution in [0.2, 0.25) is 0 Å². The van der Waals surface area contributed by atoms with Gasteiger partial charge in [-0.3, -0.25) is 0 Å². The van der Waals surface area contributed by atoms with E-state index in [1.807, 2.05) is 0 Å². The van der Waals surface area contributed by atoms with E-state index in [0.717, 1.165) is 0 Å². The maximum absolute atomic E-state index is 0. The van der Waals surface area contributed by atoms with Crippen molar-refractivity contribution in [3.05, 3.63) is 0 Å². The van der Waals surface area contributed by atoms with Gasteiger partial charge in [0.1, 0.15) is 0 Å². The van der Waals surface area contributed by atoms with Gasteiger partial charge in [0, 0.05) is 146 Å². The van der Waals surface area contributed by atoms with Crippen molar-refractivity contribution in [2.45, 2.75) is 0 Å². The summed E-state index contributed by atoms with van der Waals surface area (Å²) in [7, 11) is 0. The van der Waals surface area contributed by atoms with Crippen LogP contribution in [0.4, 0.5) is 0 Å². The molecule has 0 rings (SSSR count). The van der Waals surface area contributed by atoms with E-state index in [4.69, 9.17) is 0 Å². The van der Waals surface area contributed by atoms with Crippen molar-refractivity contribution in [1.82, 2.24) is 0 Å². The summed E-state index contributed by atoms with van der Waals surface area (Å²) in [5.41, 5.74) is 0. The number of hydrogen-bond acceptors (Lipinski definition) is 0. The molecule has 0 bridgehead atoms. The predicted octanol–water partition coefficient (Wildman–Crippen LogP) is -1.15. The Balaban J connectivity index is 0. The molecule has 0 N–H and O–H groups in total. The van der Waals surface area contributed by atoms with Crippen molar-refractivity contribution in [1.29, 1.82) is 0 Å². The second-order valence-corrected chi connectivity index (χ2v) is 0. The molecule has 0 fully saturated rings. The zero-order valence-corrected chi connectivity index (χ0v) is 13.0. The second-order valence-electron chi connectivity index (χ2n) is 0. The summed E-state index contributed by atoms with van der Waals surface area (Å²) < 4.78 is 0. The molecular weight excluding hydrogens is 244 g/mol. The van der Waals surface area contributed by atoms with Gasteiger partial charge in [-0.2, -0.15) is 0 Å². The molecule has 0 spiro atoms. The standard InChI is InChI=1S/2Ca.Mg.Ti.Zr. The summed E-state index contributed by atoms with van der Waals surface area (Å²) in [6, 6.07) is 0. The minimum atomic E-state index is 0. The molecule has 0 aromatic carbocycles. The Hall–Kier alpha value is 4.88. The molecule has 6 radical (unpaired) electrons. The van der Waals surface area contributed by atoms with Gasteiger partial charge in [-0.1, -0.05) is 0 Å². The minimum absolute atomic E-state index is 0. The quantitative estimate of drug-likeness (QED) is 0.472. The molecule has 0 aromatic heterocycles. The molecule has 0 aliphatic rings. The van der Waals surface area contributed by atoms with Crippen LogP contribution in [0.15, 0.2) is 0 Å². The zero-order chi connectivity index (χ0) is 0. The van der Waals surface area contributed by atoms with Crippen molar-refractivity contribution in [3.63, 3.8) is 0 Å². The number of hydrogen-bond donors (Lipinski definition) is 0. The Bertz CT molecular complexity index is 9.61. The second kappa shape index (κ2) is 23.2. The summed E-state index contributed by atoms with van der Waals surface area (Å²) in [6.45, 7) is 0. The third-order valence-corrected chi connectivity index (χ3v) is 0. The first-order valence-corrected chi connectivity index (χ1v) is 0. The Kier molecular flexibility index (Phi) is 151. The maximum Gasteiger partial charge on any atom is 0 e. The van der Waals surface area contributed by atoms with Gasteiger partial charge < -0.3 is 0 Å². The smallest absolute Gasteiger partial charge is 0 e. The molecule has 0 saturated heterocycles. The van der Waals surface area contributed by atoms with Crippen LogP contribution in [0.25, 0.3) is 0 Å². The summed E-state index contributed by atoms with van der Waals surface area (Å²) >= 11 is 0. The molecular formula is Ca2MgTiZr. The van der Waals surface area contributed by atoms with E-state index in [9.17, 15) is 0 Å². The molecule has 0 aliphatic heterocycles. The number of rotatable bonds is 0. The van der Waals surface area contributed by atoms with E-state index >= 15 is 0 Å². The summed E-state index contributed by atoms with van der Waals surface area (Å²) in [4.78, 5) is 0. The minimum Gasteiger partial charge on any atom is 0 e. The van der Waals surface area contributed by atoms with Crippen LogP contribution in [0, 0.1) is 0 Å². The van der Waals surface area contributed by atoms with Gasteiger partial charge in [-0.25, -0.2) is 0 Å². The summed E-state index contributed by atoms with van der Waals surface area (Å²) in [5.74, 6) is 0. The first-order valence-electron chi connectivity index (χ1n) is 0. The van der Waals surface area contributed by atoms with E-state index in [-0.39, 0.29) is 146 Å². The first-order chi connectivity index (χ1) is 0. The Morgan fingerprint density at radius 1 is 0.800 bits per heavy atom. The largest absolute Gasteiger partial charge is 0 e. The molecule has 0 nitrogen and oxygen atoms in total. The topological polar surface area (TPSA) is 0 Å². The van der Waals surface area contributed by atoms with Crippen molar-refractivity contribution >= 4 is 98.5 Å². The van der Waals surface area contributed by atoms with Crippen LogP contribution in [0.1, 0.15) is 0 Å². The molecule has 0 heterocycles. The molecule has 0 aromatic rings. The first kappa shape index (κ1) is 32.7. The van der Waals surface area contributed by atoms with Gasteiger partial charge in [-0.15, -0.1) is 0 Å². The van der Waals surface area contributed by atoms with Crippen LogP contribution < -0.4 is 0 Å². The molecule has 0 atom stereocenters. The fraction of sp³-hybridized carbons (Fsp3) is 0. The van der Waals surface area contributed by atoms with Gasteiger partial charge in [-0.05, 0) is 0 Å². The van der Waals surface area contributed by atoms with Crippen LogP contribution in [-0.4, -0.2) is 98.5 Å².